The highest BCUT2D eigenvalue weighted by molar-refractivity contribution is 5.96. The van der Waals surface area contributed by atoms with Crippen molar-refractivity contribution >= 4 is 11.7 Å². The van der Waals surface area contributed by atoms with Gasteiger partial charge in [0.25, 0.3) is 0 Å². The molecule has 1 fully saturated rings. The lowest BCUT2D eigenvalue weighted by Crippen LogP contribution is -2.18. The van der Waals surface area contributed by atoms with E-state index in [1.807, 2.05) is 0 Å². The van der Waals surface area contributed by atoms with E-state index < -0.39 is 5.97 Å². The Morgan fingerprint density at radius 2 is 2.38 bits per heavy atom. The SMILES string of the molecule is Nc1cccc(OC2CCOC2)c1C(=O)O. The summed E-state index contributed by atoms with van der Waals surface area (Å²) in [4.78, 5) is 11.0. The van der Waals surface area contributed by atoms with E-state index in [0.29, 0.717) is 19.0 Å². The van der Waals surface area contributed by atoms with Gasteiger partial charge in [-0.25, -0.2) is 4.79 Å². The number of rotatable bonds is 3. The fraction of sp³-hybridized carbons (Fsp3) is 0.364. The summed E-state index contributed by atoms with van der Waals surface area (Å²) in [6, 6.07) is 4.83. The highest BCUT2D eigenvalue weighted by Crippen LogP contribution is 2.26. The molecule has 5 heteroatoms. The van der Waals surface area contributed by atoms with Crippen LogP contribution in [0.25, 0.3) is 0 Å². The van der Waals surface area contributed by atoms with Gasteiger partial charge in [-0.2, -0.15) is 0 Å². The largest absolute Gasteiger partial charge is 0.487 e. The van der Waals surface area contributed by atoms with Crippen molar-refractivity contribution in [1.29, 1.82) is 0 Å². The smallest absolute Gasteiger partial charge is 0.341 e. The number of carboxylic acids is 1. The Bertz CT molecular complexity index is 399. The van der Waals surface area contributed by atoms with Crippen molar-refractivity contribution in [3.8, 4) is 5.75 Å². The van der Waals surface area contributed by atoms with Gasteiger partial charge in [0.15, 0.2) is 0 Å². The van der Waals surface area contributed by atoms with E-state index in [9.17, 15) is 4.79 Å². The minimum Gasteiger partial charge on any atom is -0.487 e. The van der Waals surface area contributed by atoms with E-state index in [-0.39, 0.29) is 17.4 Å². The molecule has 0 spiro atoms. The molecule has 1 aliphatic heterocycles. The van der Waals surface area contributed by atoms with Gasteiger partial charge >= 0.3 is 5.97 Å². The normalized spacial score (nSPS) is 19.6. The summed E-state index contributed by atoms with van der Waals surface area (Å²) < 4.78 is 10.7. The second-order valence-corrected chi connectivity index (χ2v) is 3.63. The molecular weight excluding hydrogens is 210 g/mol. The Labute approximate surface area is 92.8 Å². The molecule has 0 bridgehead atoms. The van der Waals surface area contributed by atoms with Crippen LogP contribution in [0.3, 0.4) is 0 Å². The summed E-state index contributed by atoms with van der Waals surface area (Å²) in [6.45, 7) is 1.14. The van der Waals surface area contributed by atoms with Crippen molar-refractivity contribution in [2.45, 2.75) is 12.5 Å². The van der Waals surface area contributed by atoms with Crippen molar-refractivity contribution in [1.82, 2.24) is 0 Å². The van der Waals surface area contributed by atoms with Crippen LogP contribution >= 0.6 is 0 Å². The zero-order valence-electron chi connectivity index (χ0n) is 8.68. The number of ether oxygens (including phenoxy) is 2. The van der Waals surface area contributed by atoms with Crippen LogP contribution in [0, 0.1) is 0 Å². The summed E-state index contributed by atoms with van der Waals surface area (Å²) >= 11 is 0. The third-order valence-corrected chi connectivity index (χ3v) is 2.45. The summed E-state index contributed by atoms with van der Waals surface area (Å²) in [5.41, 5.74) is 5.84. The van der Waals surface area contributed by atoms with Crippen LogP contribution in [0.5, 0.6) is 5.75 Å². The molecule has 86 valence electrons. The molecule has 16 heavy (non-hydrogen) atoms. The van der Waals surface area contributed by atoms with E-state index in [0.717, 1.165) is 6.42 Å². The Morgan fingerprint density at radius 3 is 3.00 bits per heavy atom. The van der Waals surface area contributed by atoms with Gasteiger partial charge in [0.2, 0.25) is 0 Å². The predicted molar refractivity (Wildman–Crippen MR) is 57.7 cm³/mol. The average Bonchev–Trinajstić information content (AvgIpc) is 2.70. The Balaban J connectivity index is 2.25. The first-order chi connectivity index (χ1) is 7.68. The van der Waals surface area contributed by atoms with Gasteiger partial charge in [-0.15, -0.1) is 0 Å². The van der Waals surface area contributed by atoms with Crippen molar-refractivity contribution in [2.75, 3.05) is 18.9 Å². The van der Waals surface area contributed by atoms with Crippen molar-refractivity contribution in [3.63, 3.8) is 0 Å². The van der Waals surface area contributed by atoms with Gasteiger partial charge < -0.3 is 20.3 Å². The lowest BCUT2D eigenvalue weighted by atomic mass is 10.1. The van der Waals surface area contributed by atoms with E-state index in [1.165, 1.54) is 0 Å². The van der Waals surface area contributed by atoms with Crippen molar-refractivity contribution in [3.05, 3.63) is 23.8 Å². The minimum atomic E-state index is -1.08. The molecule has 1 unspecified atom stereocenters. The summed E-state index contributed by atoms with van der Waals surface area (Å²) in [7, 11) is 0. The van der Waals surface area contributed by atoms with E-state index >= 15 is 0 Å². The lowest BCUT2D eigenvalue weighted by molar-refractivity contribution is 0.0688. The molecule has 2 rings (SSSR count). The number of nitrogens with two attached hydrogens (primary N) is 1. The number of carbonyl (C=O) groups is 1. The maximum Gasteiger partial charge on any atom is 0.341 e. The summed E-state index contributed by atoms with van der Waals surface area (Å²) in [5.74, 6) is -0.769. The van der Waals surface area contributed by atoms with Gasteiger partial charge in [-0.1, -0.05) is 6.07 Å². The Kier molecular flexibility index (Phi) is 2.96. The topological polar surface area (TPSA) is 81.8 Å². The van der Waals surface area contributed by atoms with Crippen LogP contribution in [0.1, 0.15) is 16.8 Å². The molecule has 0 amide bonds. The van der Waals surface area contributed by atoms with E-state index in [4.69, 9.17) is 20.3 Å². The molecule has 1 saturated heterocycles. The number of aromatic carboxylic acids is 1. The molecule has 3 N–H and O–H groups in total. The number of benzene rings is 1. The van der Waals surface area contributed by atoms with Crippen LogP contribution < -0.4 is 10.5 Å². The highest BCUT2D eigenvalue weighted by Gasteiger charge is 2.21. The second kappa shape index (κ2) is 4.40. The third-order valence-electron chi connectivity index (χ3n) is 2.45. The minimum absolute atomic E-state index is 0.0226. The first-order valence-corrected chi connectivity index (χ1v) is 5.04. The average molecular weight is 223 g/mol. The molecule has 5 nitrogen and oxygen atoms in total. The molecule has 1 aliphatic rings. The highest BCUT2D eigenvalue weighted by atomic mass is 16.5. The van der Waals surface area contributed by atoms with Crippen LogP contribution in [0.15, 0.2) is 18.2 Å². The van der Waals surface area contributed by atoms with Crippen LogP contribution in [0.2, 0.25) is 0 Å². The van der Waals surface area contributed by atoms with Crippen molar-refractivity contribution < 1.29 is 19.4 Å². The fourth-order valence-electron chi connectivity index (χ4n) is 1.66. The quantitative estimate of drug-likeness (QED) is 0.751. The molecule has 0 radical (unpaired) electrons. The molecule has 0 aliphatic carbocycles. The molecule has 1 aromatic rings. The molecule has 0 saturated carbocycles. The maximum atomic E-state index is 11.0. The lowest BCUT2D eigenvalue weighted by Gasteiger charge is -2.14. The first-order valence-electron chi connectivity index (χ1n) is 5.04. The second-order valence-electron chi connectivity index (χ2n) is 3.63. The van der Waals surface area contributed by atoms with Gasteiger partial charge in [0.1, 0.15) is 17.4 Å². The predicted octanol–water partition coefficient (Wildman–Crippen LogP) is 1.13. The molecule has 1 atom stereocenters. The molecular formula is C11H13NO4. The van der Waals surface area contributed by atoms with Gasteiger partial charge in [-0.3, -0.25) is 0 Å². The Hall–Kier alpha value is -1.75. The third kappa shape index (κ3) is 2.09. The number of anilines is 1. The Morgan fingerprint density at radius 1 is 1.56 bits per heavy atom. The molecule has 1 aromatic carbocycles. The number of hydrogen-bond acceptors (Lipinski definition) is 4. The fourth-order valence-corrected chi connectivity index (χ4v) is 1.66. The van der Waals surface area contributed by atoms with Crippen molar-refractivity contribution in [2.24, 2.45) is 0 Å². The van der Waals surface area contributed by atoms with E-state index in [2.05, 4.69) is 0 Å². The molecule has 1 heterocycles. The van der Waals surface area contributed by atoms with Crippen LogP contribution in [0.4, 0.5) is 5.69 Å². The zero-order valence-corrected chi connectivity index (χ0v) is 8.68. The number of hydrogen-bond donors (Lipinski definition) is 2. The van der Waals surface area contributed by atoms with Gasteiger partial charge in [0, 0.05) is 12.1 Å². The number of carboxylic acid groups (broad SMARTS) is 1. The van der Waals surface area contributed by atoms with E-state index in [1.54, 1.807) is 18.2 Å². The monoisotopic (exact) mass is 223 g/mol. The van der Waals surface area contributed by atoms with Gasteiger partial charge in [-0.05, 0) is 12.1 Å². The maximum absolute atomic E-state index is 11.0. The standard InChI is InChI=1S/C11H13NO4/c12-8-2-1-3-9(10(8)11(13)14)16-7-4-5-15-6-7/h1-3,7H,4-6,12H2,(H,13,14). The summed E-state index contributed by atoms with van der Waals surface area (Å²) in [5, 5.41) is 9.03. The first kappa shape index (κ1) is 10.8. The summed E-state index contributed by atoms with van der Waals surface area (Å²) in [6.07, 6.45) is 0.688. The zero-order chi connectivity index (χ0) is 11.5. The molecule has 0 aromatic heterocycles. The van der Waals surface area contributed by atoms with Crippen LogP contribution in [-0.2, 0) is 4.74 Å². The van der Waals surface area contributed by atoms with Gasteiger partial charge in [0.05, 0.1) is 13.2 Å². The van der Waals surface area contributed by atoms with Crippen LogP contribution in [-0.4, -0.2) is 30.4 Å². The number of nitrogen functional groups attached to an aromatic ring is 1.